The Morgan fingerprint density at radius 2 is 1.75 bits per heavy atom. The molecule has 0 radical (unpaired) electrons. The fourth-order valence-corrected chi connectivity index (χ4v) is 1.42. The van der Waals surface area contributed by atoms with E-state index in [1.165, 1.54) is 0 Å². The van der Waals surface area contributed by atoms with Gasteiger partial charge in [-0.25, -0.2) is 0 Å². The minimum Gasteiger partial charge on any atom is -0.324 e. The molecule has 0 bridgehead atoms. The maximum absolute atomic E-state index is 5.69. The maximum atomic E-state index is 5.69. The summed E-state index contributed by atoms with van der Waals surface area (Å²) in [4.78, 5) is 0. The monoisotopic (exact) mass is 198 g/mol. The molecule has 0 heterocycles. The van der Waals surface area contributed by atoms with Gasteiger partial charge < -0.3 is 10.8 Å². The van der Waals surface area contributed by atoms with Crippen molar-refractivity contribution in [3.63, 3.8) is 0 Å². The normalized spacial score (nSPS) is 12.2. The molecule has 1 rings (SSSR count). The summed E-state index contributed by atoms with van der Waals surface area (Å²) in [5.74, 6) is 0. The van der Waals surface area contributed by atoms with Crippen molar-refractivity contribution in [3.05, 3.63) is 41.6 Å². The van der Waals surface area contributed by atoms with Crippen LogP contribution in [0.15, 0.2) is 36.0 Å². The van der Waals surface area contributed by atoms with Crippen molar-refractivity contribution in [1.82, 2.24) is 0 Å². The summed E-state index contributed by atoms with van der Waals surface area (Å²) in [5, 5.41) is 11.0. The van der Waals surface area contributed by atoms with Crippen molar-refractivity contribution in [2.45, 2.75) is 0 Å². The van der Waals surface area contributed by atoms with E-state index in [4.69, 9.17) is 21.9 Å². The van der Waals surface area contributed by atoms with Crippen molar-refractivity contribution in [2.24, 2.45) is 10.8 Å². The maximum Gasteiger partial charge on any atom is 0.322 e. The minimum absolute atomic E-state index is 1.06. The molecule has 0 saturated carbocycles. The summed E-state index contributed by atoms with van der Waals surface area (Å²) in [7, 11) is -2.55. The van der Waals surface area contributed by atoms with E-state index >= 15 is 0 Å². The fourth-order valence-electron chi connectivity index (χ4n) is 0.788. The van der Waals surface area contributed by atoms with Crippen LogP contribution in [0.5, 0.6) is 0 Å². The number of hydrogen-bond acceptors (Lipinski definition) is 2. The molecule has 0 saturated heterocycles. The summed E-state index contributed by atoms with van der Waals surface area (Å²) in [6, 6.07) is 9.78. The van der Waals surface area contributed by atoms with Crippen molar-refractivity contribution < 1.29 is 0 Å². The van der Waals surface area contributed by atoms with E-state index in [1.807, 2.05) is 36.4 Å². The first-order valence-corrected chi connectivity index (χ1v) is 6.83. The van der Waals surface area contributed by atoms with E-state index in [0.29, 0.717) is 0 Å². The molecular weight excluding hydrogens is 188 g/mol. The summed E-state index contributed by atoms with van der Waals surface area (Å²) in [6.45, 7) is 0. The van der Waals surface area contributed by atoms with Gasteiger partial charge in [0.05, 0.1) is 0 Å². The van der Waals surface area contributed by atoms with Crippen molar-refractivity contribution in [1.29, 1.82) is 0 Å². The molecule has 0 unspecified atom stereocenters. The molecule has 4 N–H and O–H groups in total. The van der Waals surface area contributed by atoms with Gasteiger partial charge in [-0.3, -0.25) is 0 Å². The van der Waals surface area contributed by atoms with E-state index in [1.54, 1.807) is 5.70 Å². The highest BCUT2D eigenvalue weighted by Gasteiger charge is 2.13. The van der Waals surface area contributed by atoms with Gasteiger partial charge in [0.25, 0.3) is 0 Å². The Bertz CT molecular complexity index is 266. The first-order valence-electron chi connectivity index (χ1n) is 3.59. The van der Waals surface area contributed by atoms with Crippen LogP contribution in [0, 0.1) is 0 Å². The molecule has 64 valence electrons. The van der Waals surface area contributed by atoms with Gasteiger partial charge in [0.15, 0.2) is 0 Å². The zero-order valence-corrected chi connectivity index (χ0v) is 8.33. The first-order chi connectivity index (χ1) is 5.58. The number of nitrogens with two attached hydrogens (primary N) is 2. The lowest BCUT2D eigenvalue weighted by Gasteiger charge is -2.03. The van der Waals surface area contributed by atoms with E-state index in [-0.39, 0.29) is 0 Å². The van der Waals surface area contributed by atoms with Crippen LogP contribution < -0.4 is 10.8 Å². The second kappa shape index (κ2) is 3.87. The Labute approximate surface area is 77.7 Å². The van der Waals surface area contributed by atoms with Crippen molar-refractivity contribution in [2.75, 3.05) is 0 Å². The zero-order chi connectivity index (χ0) is 9.03. The highest BCUT2D eigenvalue weighted by atomic mass is 35.6. The predicted octanol–water partition coefficient (Wildman–Crippen LogP) is 1.33. The van der Waals surface area contributed by atoms with Crippen LogP contribution in [0.1, 0.15) is 5.56 Å². The molecular formula is C8H11ClN2Si. The van der Waals surface area contributed by atoms with Gasteiger partial charge in [-0.05, 0) is 5.56 Å². The average molecular weight is 199 g/mol. The van der Waals surface area contributed by atoms with E-state index in [0.717, 1.165) is 5.56 Å². The van der Waals surface area contributed by atoms with Gasteiger partial charge in [-0.2, -0.15) is 0 Å². The van der Waals surface area contributed by atoms with Crippen LogP contribution in [0.4, 0.5) is 0 Å². The molecule has 0 aromatic heterocycles. The Morgan fingerprint density at radius 1 is 1.17 bits per heavy atom. The minimum atomic E-state index is -2.55. The van der Waals surface area contributed by atoms with Crippen molar-refractivity contribution >= 4 is 24.9 Å². The number of rotatable bonds is 2. The standard InChI is InChI=1S/C8H11ClN2Si/c9-12(10,11)7-6-8-4-2-1-3-5-8/h1-7H,10-11H2. The molecule has 2 nitrogen and oxygen atoms in total. The van der Waals surface area contributed by atoms with Crippen LogP contribution in [0.3, 0.4) is 0 Å². The molecule has 0 amide bonds. The summed E-state index contributed by atoms with van der Waals surface area (Å²) < 4.78 is 0. The van der Waals surface area contributed by atoms with Crippen LogP contribution in [-0.2, 0) is 0 Å². The first kappa shape index (κ1) is 9.47. The number of hydrogen-bond donors (Lipinski definition) is 2. The number of benzene rings is 1. The van der Waals surface area contributed by atoms with Gasteiger partial charge >= 0.3 is 7.71 Å². The lowest BCUT2D eigenvalue weighted by atomic mass is 10.2. The highest BCUT2D eigenvalue weighted by molar-refractivity contribution is 7.19. The molecule has 1 aromatic carbocycles. The molecule has 4 heteroatoms. The Balaban J connectivity index is 2.71. The van der Waals surface area contributed by atoms with Gasteiger partial charge in [0, 0.05) is 0 Å². The van der Waals surface area contributed by atoms with Gasteiger partial charge in [0.1, 0.15) is 0 Å². The van der Waals surface area contributed by atoms with Crippen LogP contribution in [-0.4, -0.2) is 7.71 Å². The second-order valence-corrected chi connectivity index (χ2v) is 6.52. The molecule has 0 atom stereocenters. The SMILES string of the molecule is N[Si](N)(Cl)C=Cc1ccccc1. The van der Waals surface area contributed by atoms with E-state index in [2.05, 4.69) is 0 Å². The van der Waals surface area contributed by atoms with Crippen LogP contribution >= 0.6 is 11.1 Å². The Morgan fingerprint density at radius 3 is 2.25 bits per heavy atom. The highest BCUT2D eigenvalue weighted by Crippen LogP contribution is 2.03. The summed E-state index contributed by atoms with van der Waals surface area (Å²) >= 11 is 5.69. The lowest BCUT2D eigenvalue weighted by molar-refractivity contribution is 1.63. The van der Waals surface area contributed by atoms with Gasteiger partial charge in [-0.15, -0.1) is 11.1 Å². The molecule has 1 aromatic rings. The fraction of sp³-hybridized carbons (Fsp3) is 0. The Hall–Kier alpha value is -0.613. The molecule has 0 aliphatic rings. The largest absolute Gasteiger partial charge is 0.324 e. The zero-order valence-electron chi connectivity index (χ0n) is 6.57. The molecule has 0 spiro atoms. The quantitative estimate of drug-likeness (QED) is 0.557. The summed E-state index contributed by atoms with van der Waals surface area (Å²) in [5.41, 5.74) is 2.75. The number of halogens is 1. The van der Waals surface area contributed by atoms with E-state index < -0.39 is 7.71 Å². The smallest absolute Gasteiger partial charge is 0.322 e. The second-order valence-electron chi connectivity index (χ2n) is 2.57. The average Bonchev–Trinajstić information content (AvgIpc) is 2.02. The topological polar surface area (TPSA) is 52.0 Å². The lowest BCUT2D eigenvalue weighted by Crippen LogP contribution is -2.48. The molecule has 12 heavy (non-hydrogen) atoms. The van der Waals surface area contributed by atoms with Gasteiger partial charge in [-0.1, -0.05) is 42.1 Å². The summed E-state index contributed by atoms with van der Waals surface area (Å²) in [6.07, 6.45) is 1.85. The van der Waals surface area contributed by atoms with Crippen molar-refractivity contribution in [3.8, 4) is 0 Å². The third-order valence-corrected chi connectivity index (χ3v) is 2.39. The Kier molecular flexibility index (Phi) is 3.05. The third kappa shape index (κ3) is 3.68. The molecule has 0 aliphatic heterocycles. The van der Waals surface area contributed by atoms with E-state index in [9.17, 15) is 0 Å². The molecule has 0 aliphatic carbocycles. The predicted molar refractivity (Wildman–Crippen MR) is 55.5 cm³/mol. The van der Waals surface area contributed by atoms with Gasteiger partial charge in [0.2, 0.25) is 0 Å². The third-order valence-electron chi connectivity index (χ3n) is 1.33. The molecule has 0 fully saturated rings. The van der Waals surface area contributed by atoms with Crippen LogP contribution in [0.25, 0.3) is 6.08 Å². The van der Waals surface area contributed by atoms with Crippen LogP contribution in [0.2, 0.25) is 0 Å².